The minimum Gasteiger partial charge on any atom is -0.497 e. The molecule has 0 heterocycles. The van der Waals surface area contributed by atoms with E-state index in [1.165, 1.54) is 49.8 Å². The van der Waals surface area contributed by atoms with Crippen LogP contribution in [0.5, 0.6) is 80.5 Å². The SMILES string of the molecule is CN=Cc1cc(C)ccc1Pc1cc(OC)ccc1OCOC.CN=Cc1cc(F)ccc1Pc1cc(OC)cc(OC)c1OCOC.CN=Cc1cccc(C)c1Pc1cccc(OC)c1OCOC.CN=Cc1ccccc1Pc1cc(OC)cc(OC)c1OCOC.CN=Cc1ccccc1Pc1cc(OC)ccc1OCOC.CN=Cc1ccccc1Pc1cccc(OC)c1OCOC. The Morgan fingerprint density at radius 3 is 0.914 bits per heavy atom. The van der Waals surface area contributed by atoms with Gasteiger partial charge in [0.05, 0.1) is 56.9 Å². The Hall–Kier alpha value is -11.9. The highest BCUT2D eigenvalue weighted by Gasteiger charge is 2.22. The molecule has 26 nitrogen and oxygen atoms in total. The lowest BCUT2D eigenvalue weighted by Crippen LogP contribution is -2.15. The standard InChI is InChI=1S/C18H21FNO4P.C18H22NO4P.2C18H22NO3P.2C17H20NO3P/c1-20-10-12-7-13(19)5-6-16(12)25-17-9-14(22-3)8-15(23-4)18(17)24-11-21-2;1-19-11-13-7-5-6-8-16(13)24-17-10-14(21-3)9-15(22-4)18(17)23-12-20-2;1-13-5-8-17(14(9-13)11-19-2)23-18-10-15(21-4)6-7-16(18)22-12-20-3;1-13-7-5-8-14(11-19-2)18(13)23-16-10-6-9-15(21-4)17(16)22-12-20-3;1-18-11-13-7-4-5-9-15(13)22-16-10-6-8-14(20-3)17(16)21-12-19-2;1-18-11-13-6-4-5-7-16(13)22-17-10-14(20-3)8-9-15(17)21-12-19-2/h5-10,25H,11H2,1-4H3;5-11,24H,12H2,1-4H3;2*5-11,23H,12H2,1-4H3;2*4-11,22H,12H2,1-3H3. The van der Waals surface area contributed by atoms with E-state index < -0.39 is 0 Å². The van der Waals surface area contributed by atoms with Gasteiger partial charge in [0.15, 0.2) is 86.8 Å². The Kier molecular flexibility index (Phi) is 53.5. The maximum Gasteiger partial charge on any atom is 0.188 e. The number of aryl methyl sites for hydroxylation is 2. The lowest BCUT2D eigenvalue weighted by Gasteiger charge is -2.17. The second-order valence-corrected chi connectivity index (χ2v) is 36.7. The van der Waals surface area contributed by atoms with E-state index in [2.05, 4.69) is 111 Å². The molecule has 33 heteroatoms. The minimum atomic E-state index is -0.303. The molecule has 738 valence electrons. The van der Waals surface area contributed by atoms with Crippen LogP contribution in [0.4, 0.5) is 4.39 Å². The van der Waals surface area contributed by atoms with E-state index in [0.717, 1.165) is 111 Å². The van der Waals surface area contributed by atoms with Gasteiger partial charge in [0.1, 0.15) is 40.3 Å². The van der Waals surface area contributed by atoms with Crippen LogP contribution >= 0.6 is 51.5 Å². The first-order valence-corrected chi connectivity index (χ1v) is 49.2. The Bertz CT molecular complexity index is 5890. The smallest absolute Gasteiger partial charge is 0.188 e. The normalized spacial score (nSPS) is 11.4. The van der Waals surface area contributed by atoms with Crippen molar-refractivity contribution in [1.82, 2.24) is 0 Å². The number of para-hydroxylation sites is 2. The van der Waals surface area contributed by atoms with Crippen LogP contribution in [0.3, 0.4) is 0 Å². The van der Waals surface area contributed by atoms with Crippen LogP contribution in [-0.2, 0) is 28.4 Å². The Morgan fingerprint density at radius 2 is 0.532 bits per heavy atom. The minimum absolute atomic E-state index is 0.0901. The van der Waals surface area contributed by atoms with Crippen molar-refractivity contribution in [2.75, 3.05) is 183 Å². The lowest BCUT2D eigenvalue weighted by molar-refractivity contribution is 0.0498. The summed E-state index contributed by atoms with van der Waals surface area (Å²) in [6.07, 6.45) is 11.0. The largest absolute Gasteiger partial charge is 0.497 e. The van der Waals surface area contributed by atoms with E-state index in [4.69, 9.17) is 94.7 Å². The summed E-state index contributed by atoms with van der Waals surface area (Å²) in [7, 11) is 35.4. The van der Waals surface area contributed by atoms with Crippen molar-refractivity contribution in [2.24, 2.45) is 30.0 Å². The number of aliphatic imine (C=N–C) groups is 6. The Balaban J connectivity index is 0.000000227. The predicted molar refractivity (Wildman–Crippen MR) is 581 cm³/mol. The van der Waals surface area contributed by atoms with Gasteiger partial charge in [-0.2, -0.15) is 0 Å². The van der Waals surface area contributed by atoms with E-state index in [0.29, 0.717) is 83.2 Å². The van der Waals surface area contributed by atoms with Gasteiger partial charge in [0.25, 0.3) is 0 Å². The van der Waals surface area contributed by atoms with Gasteiger partial charge in [-0.25, -0.2) is 4.39 Å². The molecule has 0 N–H and O–H groups in total. The topological polar surface area (TPSA) is 259 Å². The summed E-state index contributed by atoms with van der Waals surface area (Å²) in [6.45, 7) is 5.27. The maximum absolute atomic E-state index is 13.6. The molecule has 0 aliphatic carbocycles. The molecular formula is C106H127FN6O20P6. The van der Waals surface area contributed by atoms with Gasteiger partial charge < -0.3 is 94.7 Å². The molecule has 12 aromatic rings. The third kappa shape index (κ3) is 37.0. The second-order valence-electron chi connectivity index (χ2n) is 28.8. The van der Waals surface area contributed by atoms with Crippen molar-refractivity contribution in [2.45, 2.75) is 13.8 Å². The molecule has 0 saturated carbocycles. The van der Waals surface area contributed by atoms with E-state index in [1.54, 1.807) is 166 Å². The molecule has 12 rings (SSSR count). The van der Waals surface area contributed by atoms with E-state index in [9.17, 15) is 4.39 Å². The Labute approximate surface area is 828 Å². The van der Waals surface area contributed by atoms with E-state index >= 15 is 0 Å². The molecule has 0 fully saturated rings. The number of halogens is 1. The van der Waals surface area contributed by atoms with Crippen molar-refractivity contribution >= 4 is 152 Å². The molecule has 139 heavy (non-hydrogen) atoms. The molecule has 0 spiro atoms. The fourth-order valence-electron chi connectivity index (χ4n) is 13.0. The fraction of sp³-hybridized carbons (Fsp3) is 0.264. The van der Waals surface area contributed by atoms with Crippen LogP contribution in [0.15, 0.2) is 254 Å². The molecule has 0 saturated heterocycles. The molecule has 6 unspecified atom stereocenters. The summed E-state index contributed by atoms with van der Waals surface area (Å²) in [4.78, 5) is 24.7. The van der Waals surface area contributed by atoms with Crippen LogP contribution < -0.4 is 130 Å². The van der Waals surface area contributed by atoms with Crippen molar-refractivity contribution < 1.29 is 99.1 Å². The predicted octanol–water partition coefficient (Wildman–Crippen LogP) is 14.9. The average molecular weight is 2010 g/mol. The fourth-order valence-corrected chi connectivity index (χ4v) is 20.6. The lowest BCUT2D eigenvalue weighted by atomic mass is 10.1. The summed E-state index contributed by atoms with van der Waals surface area (Å²) >= 11 is 0. The number of methoxy groups -OCH3 is 14. The summed E-state index contributed by atoms with van der Waals surface area (Å²) in [5.41, 5.74) is 8.75. The van der Waals surface area contributed by atoms with E-state index in [1.807, 2.05) is 158 Å². The second kappa shape index (κ2) is 65.1. The first kappa shape index (κ1) is 114. The summed E-state index contributed by atoms with van der Waals surface area (Å²) in [5.74, 6) is 9.62. The molecule has 0 bridgehead atoms. The molecule has 0 aliphatic heterocycles. The highest BCUT2D eigenvalue weighted by atomic mass is 31.1. The van der Waals surface area contributed by atoms with Crippen LogP contribution in [0, 0.1) is 19.7 Å². The number of rotatable bonds is 44. The van der Waals surface area contributed by atoms with Crippen molar-refractivity contribution in [3.05, 3.63) is 275 Å². The monoisotopic (exact) mass is 2010 g/mol. The van der Waals surface area contributed by atoms with Crippen LogP contribution in [0.25, 0.3) is 0 Å². The summed E-state index contributed by atoms with van der Waals surface area (Å²) in [5, 5.41) is 13.2. The first-order valence-electron chi connectivity index (χ1n) is 43.2. The first-order chi connectivity index (χ1) is 67.8. The number of nitrogens with zero attached hydrogens (tertiary/aromatic N) is 6. The van der Waals surface area contributed by atoms with Gasteiger partial charge in [-0.3, -0.25) is 30.0 Å². The quantitative estimate of drug-likeness (QED) is 0.0195. The van der Waals surface area contributed by atoms with Crippen molar-refractivity contribution in [3.63, 3.8) is 0 Å². The van der Waals surface area contributed by atoms with Gasteiger partial charge in [-0.1, -0.05) is 191 Å². The number of ether oxygens (including phenoxy) is 20. The number of hydrogen-bond acceptors (Lipinski definition) is 26. The average Bonchev–Trinajstić information content (AvgIpc) is 0.814. The summed E-state index contributed by atoms with van der Waals surface area (Å²) < 4.78 is 121. The number of benzene rings is 12. The molecule has 0 aromatic heterocycles. The molecule has 0 amide bonds. The summed E-state index contributed by atoms with van der Waals surface area (Å²) in [6, 6.07) is 72.7. The third-order valence-corrected chi connectivity index (χ3v) is 27.8. The van der Waals surface area contributed by atoms with Gasteiger partial charge in [-0.15, -0.1) is 0 Å². The molecular weight excluding hydrogens is 1880 g/mol. The third-order valence-electron chi connectivity index (χ3n) is 19.3. The molecule has 12 aromatic carbocycles. The molecule has 6 atom stereocenters. The molecule has 0 radical (unpaired) electrons. The maximum atomic E-state index is 13.6. The van der Waals surface area contributed by atoms with Gasteiger partial charge in [0.2, 0.25) is 0 Å². The van der Waals surface area contributed by atoms with Gasteiger partial charge in [0, 0.05) is 183 Å². The van der Waals surface area contributed by atoms with Crippen molar-refractivity contribution in [1.29, 1.82) is 0 Å². The molecule has 0 aliphatic rings. The zero-order valence-electron chi connectivity index (χ0n) is 82.8. The highest BCUT2D eigenvalue weighted by molar-refractivity contribution is 7.57. The number of hydrogen-bond donors (Lipinski definition) is 0. The van der Waals surface area contributed by atoms with Gasteiger partial charge >= 0.3 is 0 Å². The zero-order valence-corrected chi connectivity index (χ0v) is 88.8. The van der Waals surface area contributed by atoms with Crippen LogP contribution in [-0.4, -0.2) is 220 Å². The van der Waals surface area contributed by atoms with E-state index in [-0.39, 0.29) is 55.2 Å². The Morgan fingerprint density at radius 1 is 0.230 bits per heavy atom. The van der Waals surface area contributed by atoms with Gasteiger partial charge in [-0.05, 0) is 147 Å². The zero-order chi connectivity index (χ0) is 100. The van der Waals surface area contributed by atoms with Crippen molar-refractivity contribution in [3.8, 4) is 80.5 Å². The highest BCUT2D eigenvalue weighted by Crippen LogP contribution is 2.38. The van der Waals surface area contributed by atoms with Crippen LogP contribution in [0.2, 0.25) is 0 Å². The van der Waals surface area contributed by atoms with Crippen LogP contribution in [0.1, 0.15) is 44.5 Å².